The Bertz CT molecular complexity index is 1500. The number of anilines is 1. The second kappa shape index (κ2) is 17.0. The molecule has 252 valence electrons. The van der Waals surface area contributed by atoms with Crippen LogP contribution in [-0.2, 0) is 14.2 Å². The maximum atomic E-state index is 6.46. The molecule has 4 aromatic rings. The lowest BCUT2D eigenvalue weighted by Crippen LogP contribution is -2.51. The number of nitrogen functional groups attached to an aromatic ring is 1. The minimum atomic E-state index is 0.387. The summed E-state index contributed by atoms with van der Waals surface area (Å²) in [6, 6.07) is 19.0. The van der Waals surface area contributed by atoms with E-state index in [0.717, 1.165) is 85.8 Å². The minimum Gasteiger partial charge on any atom is -0.457 e. The van der Waals surface area contributed by atoms with Crippen molar-refractivity contribution in [3.05, 3.63) is 67.1 Å². The van der Waals surface area contributed by atoms with E-state index < -0.39 is 0 Å². The van der Waals surface area contributed by atoms with Crippen LogP contribution in [0.2, 0.25) is 0 Å². The Morgan fingerprint density at radius 1 is 0.702 bits per heavy atom. The van der Waals surface area contributed by atoms with Gasteiger partial charge in [-0.15, -0.1) is 0 Å². The summed E-state index contributed by atoms with van der Waals surface area (Å²) in [6.07, 6.45) is 8.44. The Hall–Kier alpha value is -3.58. The third kappa shape index (κ3) is 8.86. The molecule has 6 rings (SSSR count). The number of benzene rings is 2. The summed E-state index contributed by atoms with van der Waals surface area (Å²) in [5.74, 6) is 2.13. The van der Waals surface area contributed by atoms with Crippen molar-refractivity contribution >= 4 is 16.9 Å². The number of piperazine rings is 1. The second-order valence-electron chi connectivity index (χ2n) is 12.3. The standard InChI is InChI=1S/C36H49N7O4/c37-14-20-44-22-24-46-25-23-45-21-19-41-15-17-42(18-16-41)29-8-10-30(11-9-29)43-26-33(34-35(38)39-27-40-36(34)43)28-6-12-32(13-7-28)47-31-4-2-1-3-5-31/h1-7,12-13,26-27,29-30H,8-11,14-25,37H2,(H2,38,39,40)/t29-,30+. The zero-order valence-corrected chi connectivity index (χ0v) is 27.3. The number of para-hydroxylation sites is 1. The third-order valence-electron chi connectivity index (χ3n) is 9.32. The monoisotopic (exact) mass is 643 g/mol. The first kappa shape index (κ1) is 33.3. The van der Waals surface area contributed by atoms with Gasteiger partial charge in [-0.3, -0.25) is 9.80 Å². The molecule has 1 saturated heterocycles. The zero-order valence-electron chi connectivity index (χ0n) is 27.3. The molecule has 2 fully saturated rings. The van der Waals surface area contributed by atoms with Crippen LogP contribution in [-0.4, -0.2) is 109 Å². The number of hydrogen-bond acceptors (Lipinski definition) is 10. The average Bonchev–Trinajstić information content (AvgIpc) is 3.51. The van der Waals surface area contributed by atoms with E-state index in [9.17, 15) is 0 Å². The van der Waals surface area contributed by atoms with Gasteiger partial charge in [-0.25, -0.2) is 9.97 Å². The lowest BCUT2D eigenvalue weighted by atomic mass is 9.89. The molecule has 0 spiro atoms. The minimum absolute atomic E-state index is 0.387. The van der Waals surface area contributed by atoms with Gasteiger partial charge in [0.15, 0.2) is 0 Å². The Kier molecular flexibility index (Phi) is 12.1. The molecule has 0 unspecified atom stereocenters. The number of rotatable bonds is 16. The predicted octanol–water partition coefficient (Wildman–Crippen LogP) is 4.58. The summed E-state index contributed by atoms with van der Waals surface area (Å²) >= 11 is 0. The number of nitrogens with zero attached hydrogens (tertiary/aromatic N) is 5. The molecule has 0 atom stereocenters. The lowest BCUT2D eigenvalue weighted by molar-refractivity contribution is 0.00652. The Balaban J connectivity index is 0.974. The van der Waals surface area contributed by atoms with Gasteiger partial charge in [0, 0.05) is 63.1 Å². The molecule has 1 aliphatic heterocycles. The van der Waals surface area contributed by atoms with Crippen LogP contribution in [0, 0.1) is 0 Å². The molecule has 11 nitrogen and oxygen atoms in total. The van der Waals surface area contributed by atoms with Crippen molar-refractivity contribution in [3.63, 3.8) is 0 Å². The van der Waals surface area contributed by atoms with Crippen molar-refractivity contribution < 1.29 is 18.9 Å². The number of aromatic nitrogens is 3. The Morgan fingerprint density at radius 3 is 2.04 bits per heavy atom. The molecule has 0 amide bonds. The molecule has 11 heteroatoms. The van der Waals surface area contributed by atoms with Crippen LogP contribution in [0.1, 0.15) is 31.7 Å². The summed E-state index contributed by atoms with van der Waals surface area (Å²) in [5.41, 5.74) is 14.9. The molecule has 0 bridgehead atoms. The molecule has 1 aliphatic carbocycles. The highest BCUT2D eigenvalue weighted by Crippen LogP contribution is 2.39. The van der Waals surface area contributed by atoms with Gasteiger partial charge in [0.1, 0.15) is 29.3 Å². The van der Waals surface area contributed by atoms with Gasteiger partial charge in [-0.1, -0.05) is 30.3 Å². The van der Waals surface area contributed by atoms with Crippen molar-refractivity contribution in [2.75, 3.05) is 84.6 Å². The van der Waals surface area contributed by atoms with Crippen LogP contribution in [0.4, 0.5) is 5.82 Å². The maximum Gasteiger partial charge on any atom is 0.146 e. The van der Waals surface area contributed by atoms with Gasteiger partial charge >= 0.3 is 0 Å². The second-order valence-corrected chi connectivity index (χ2v) is 12.3. The first-order valence-electron chi connectivity index (χ1n) is 17.0. The molecule has 2 aromatic carbocycles. The number of nitrogens with two attached hydrogens (primary N) is 2. The summed E-state index contributed by atoms with van der Waals surface area (Å²) in [7, 11) is 0. The molecule has 0 radical (unpaired) electrons. The summed E-state index contributed by atoms with van der Waals surface area (Å²) in [6.45, 7) is 9.63. The first-order chi connectivity index (χ1) is 23.2. The van der Waals surface area contributed by atoms with Crippen LogP contribution < -0.4 is 16.2 Å². The fourth-order valence-corrected chi connectivity index (χ4v) is 6.81. The molecule has 47 heavy (non-hydrogen) atoms. The van der Waals surface area contributed by atoms with Crippen LogP contribution in [0.5, 0.6) is 11.5 Å². The number of hydrogen-bond donors (Lipinski definition) is 2. The quantitative estimate of drug-likeness (QED) is 0.168. The van der Waals surface area contributed by atoms with Gasteiger partial charge in [0.2, 0.25) is 0 Å². The van der Waals surface area contributed by atoms with Crippen LogP contribution in [0.25, 0.3) is 22.2 Å². The molecule has 2 aromatic heterocycles. The first-order valence-corrected chi connectivity index (χ1v) is 17.0. The molecule has 3 heterocycles. The molecular weight excluding hydrogens is 594 g/mol. The number of ether oxygens (including phenoxy) is 4. The van der Waals surface area contributed by atoms with E-state index in [1.807, 2.05) is 42.5 Å². The Morgan fingerprint density at radius 2 is 1.34 bits per heavy atom. The van der Waals surface area contributed by atoms with E-state index in [0.29, 0.717) is 57.5 Å². The van der Waals surface area contributed by atoms with E-state index in [1.54, 1.807) is 6.33 Å². The van der Waals surface area contributed by atoms with Gasteiger partial charge in [-0.05, 0) is 55.5 Å². The zero-order chi connectivity index (χ0) is 32.3. The van der Waals surface area contributed by atoms with Crippen LogP contribution >= 0.6 is 0 Å². The molecular formula is C36H49N7O4. The SMILES string of the molecule is NCCOCCOCCOCCN1CCN([C@H]2CC[C@@H](n3cc(-c4ccc(Oc5ccccc5)cc4)c4c(N)ncnc43)CC2)CC1. The van der Waals surface area contributed by atoms with Gasteiger partial charge in [-0.2, -0.15) is 0 Å². The van der Waals surface area contributed by atoms with E-state index in [4.69, 9.17) is 35.4 Å². The molecule has 2 aliphatic rings. The van der Waals surface area contributed by atoms with Crippen molar-refractivity contribution in [3.8, 4) is 22.6 Å². The maximum absolute atomic E-state index is 6.46. The topological polar surface area (TPSA) is 126 Å². The van der Waals surface area contributed by atoms with Crippen molar-refractivity contribution in [1.82, 2.24) is 24.3 Å². The number of fused-ring (bicyclic) bond motifs is 1. The van der Waals surface area contributed by atoms with Crippen molar-refractivity contribution in [2.24, 2.45) is 5.73 Å². The summed E-state index contributed by atoms with van der Waals surface area (Å²) < 4.78 is 25.0. The molecule has 1 saturated carbocycles. The predicted molar refractivity (Wildman–Crippen MR) is 185 cm³/mol. The van der Waals surface area contributed by atoms with Gasteiger partial charge < -0.3 is 35.0 Å². The third-order valence-corrected chi connectivity index (χ3v) is 9.32. The fraction of sp³-hybridized carbons (Fsp3) is 0.500. The highest BCUT2D eigenvalue weighted by atomic mass is 16.5. The van der Waals surface area contributed by atoms with E-state index in [2.05, 4.69) is 37.7 Å². The highest BCUT2D eigenvalue weighted by molar-refractivity contribution is 6.00. The lowest BCUT2D eigenvalue weighted by Gasteiger charge is -2.42. The van der Waals surface area contributed by atoms with Crippen LogP contribution in [0.15, 0.2) is 67.1 Å². The Labute approximate surface area is 277 Å². The van der Waals surface area contributed by atoms with Crippen molar-refractivity contribution in [2.45, 2.75) is 37.8 Å². The van der Waals surface area contributed by atoms with Gasteiger partial charge in [0.25, 0.3) is 0 Å². The van der Waals surface area contributed by atoms with Crippen molar-refractivity contribution in [1.29, 1.82) is 0 Å². The largest absolute Gasteiger partial charge is 0.457 e. The highest BCUT2D eigenvalue weighted by Gasteiger charge is 2.30. The smallest absolute Gasteiger partial charge is 0.146 e. The fourth-order valence-electron chi connectivity index (χ4n) is 6.81. The van der Waals surface area contributed by atoms with E-state index >= 15 is 0 Å². The van der Waals surface area contributed by atoms with E-state index in [-0.39, 0.29) is 0 Å². The average molecular weight is 644 g/mol. The van der Waals surface area contributed by atoms with E-state index in [1.165, 1.54) is 12.8 Å². The summed E-state index contributed by atoms with van der Waals surface area (Å²) in [5, 5.41) is 0.923. The summed E-state index contributed by atoms with van der Waals surface area (Å²) in [4.78, 5) is 14.3. The van der Waals surface area contributed by atoms with Gasteiger partial charge in [0.05, 0.1) is 45.0 Å². The van der Waals surface area contributed by atoms with Crippen LogP contribution in [0.3, 0.4) is 0 Å². The molecule has 4 N–H and O–H groups in total. The normalized spacial score (nSPS) is 19.3.